The molecule has 1 aliphatic rings. The second kappa shape index (κ2) is 6.77. The maximum Gasteiger partial charge on any atom is 0.0815 e. The van der Waals surface area contributed by atoms with Crippen molar-refractivity contribution in [1.29, 1.82) is 0 Å². The van der Waals surface area contributed by atoms with Gasteiger partial charge in [-0.1, -0.05) is 86.1 Å². The lowest BCUT2D eigenvalue weighted by Crippen LogP contribution is -2.38. The molecule has 0 N–H and O–H groups in total. The van der Waals surface area contributed by atoms with E-state index < -0.39 is 0 Å². The highest BCUT2D eigenvalue weighted by Gasteiger charge is 2.47. The Labute approximate surface area is 160 Å². The van der Waals surface area contributed by atoms with Gasteiger partial charge in [-0.25, -0.2) is 4.99 Å². The Morgan fingerprint density at radius 1 is 0.769 bits per heavy atom. The zero-order valence-corrected chi connectivity index (χ0v) is 16.3. The van der Waals surface area contributed by atoms with Crippen molar-refractivity contribution in [1.82, 2.24) is 0 Å². The third-order valence-electron chi connectivity index (χ3n) is 5.02. The molecule has 1 fully saturated rings. The molecule has 1 unspecified atom stereocenters. The first-order valence-electron chi connectivity index (χ1n) is 9.02. The van der Waals surface area contributed by atoms with Gasteiger partial charge in [-0.2, -0.15) is 0 Å². The molecular formula is C24H23NS. The van der Waals surface area contributed by atoms with Crippen molar-refractivity contribution in [3.8, 4) is 11.1 Å². The van der Waals surface area contributed by atoms with E-state index in [4.69, 9.17) is 4.99 Å². The molecule has 0 bridgehead atoms. The van der Waals surface area contributed by atoms with E-state index in [1.165, 1.54) is 27.3 Å². The van der Waals surface area contributed by atoms with Crippen LogP contribution in [0.15, 0.2) is 83.9 Å². The van der Waals surface area contributed by atoms with Gasteiger partial charge in [0.15, 0.2) is 0 Å². The minimum atomic E-state index is 0.0850. The van der Waals surface area contributed by atoms with Gasteiger partial charge in [0.1, 0.15) is 0 Å². The number of hydrogen-bond acceptors (Lipinski definition) is 2. The van der Waals surface area contributed by atoms with Gasteiger partial charge in [0.25, 0.3) is 0 Å². The Kier molecular flexibility index (Phi) is 4.46. The largest absolute Gasteiger partial charge is 0.246 e. The number of aryl methyl sites for hydroxylation is 1. The van der Waals surface area contributed by atoms with Crippen LogP contribution in [-0.2, 0) is 0 Å². The monoisotopic (exact) mass is 357 g/mol. The first-order chi connectivity index (χ1) is 12.5. The SMILES string of the molecule is Cc1ccc(-c2ccc(N=C3SC(c4ccccc4)C3(C)C)cc2)cc1. The maximum absolute atomic E-state index is 4.92. The van der Waals surface area contributed by atoms with Crippen LogP contribution in [-0.4, -0.2) is 5.04 Å². The Morgan fingerprint density at radius 2 is 1.35 bits per heavy atom. The van der Waals surface area contributed by atoms with Crippen LogP contribution in [0.4, 0.5) is 5.69 Å². The molecule has 130 valence electrons. The number of thioether (sulfide) groups is 1. The molecule has 0 radical (unpaired) electrons. The normalized spacial score (nSPS) is 20.0. The standard InChI is InChI=1S/C24H23NS/c1-17-9-11-18(12-10-17)19-13-15-21(16-14-19)25-23-24(2,3)22(26-23)20-7-5-4-6-8-20/h4-16,22H,1-3H3. The van der Waals surface area contributed by atoms with Crippen molar-refractivity contribution in [2.24, 2.45) is 10.4 Å². The zero-order chi connectivity index (χ0) is 18.1. The molecule has 0 saturated carbocycles. The third-order valence-corrected chi connectivity index (χ3v) is 6.96. The second-order valence-electron chi connectivity index (χ2n) is 7.46. The molecule has 3 aromatic rings. The molecule has 4 rings (SSSR count). The van der Waals surface area contributed by atoms with Crippen molar-refractivity contribution >= 4 is 22.5 Å². The van der Waals surface area contributed by atoms with Crippen LogP contribution in [0.2, 0.25) is 0 Å². The van der Waals surface area contributed by atoms with Crippen LogP contribution in [0.25, 0.3) is 11.1 Å². The fraction of sp³-hybridized carbons (Fsp3) is 0.208. The highest BCUT2D eigenvalue weighted by atomic mass is 32.2. The summed E-state index contributed by atoms with van der Waals surface area (Å²) >= 11 is 1.88. The minimum absolute atomic E-state index is 0.0850. The molecule has 0 aromatic heterocycles. The molecule has 1 atom stereocenters. The molecule has 2 heteroatoms. The second-order valence-corrected chi connectivity index (χ2v) is 8.55. The average Bonchev–Trinajstić information content (AvgIpc) is 2.67. The summed E-state index contributed by atoms with van der Waals surface area (Å²) in [4.78, 5) is 4.92. The Morgan fingerprint density at radius 3 is 1.92 bits per heavy atom. The topological polar surface area (TPSA) is 12.4 Å². The molecule has 0 aliphatic carbocycles. The van der Waals surface area contributed by atoms with E-state index in [9.17, 15) is 0 Å². The molecule has 3 aromatic carbocycles. The molecule has 0 spiro atoms. The summed E-state index contributed by atoms with van der Waals surface area (Å²) in [6, 6.07) is 27.9. The summed E-state index contributed by atoms with van der Waals surface area (Å²) in [6.45, 7) is 6.70. The fourth-order valence-corrected chi connectivity index (χ4v) is 4.66. The molecule has 1 nitrogen and oxygen atoms in total. The molecule has 26 heavy (non-hydrogen) atoms. The number of hydrogen-bond donors (Lipinski definition) is 0. The smallest absolute Gasteiger partial charge is 0.0815 e. The summed E-state index contributed by atoms with van der Waals surface area (Å²) in [5.41, 5.74) is 6.27. The quantitative estimate of drug-likeness (QED) is 0.482. The van der Waals surface area contributed by atoms with Gasteiger partial charge < -0.3 is 0 Å². The summed E-state index contributed by atoms with van der Waals surface area (Å²) in [5, 5.41) is 1.70. The van der Waals surface area contributed by atoms with Gasteiger partial charge in [0, 0.05) is 10.7 Å². The van der Waals surface area contributed by atoms with Crippen LogP contribution in [0.1, 0.15) is 30.2 Å². The summed E-state index contributed by atoms with van der Waals surface area (Å²) in [7, 11) is 0. The predicted molar refractivity (Wildman–Crippen MR) is 114 cm³/mol. The Balaban J connectivity index is 1.53. The van der Waals surface area contributed by atoms with Gasteiger partial charge in [-0.05, 0) is 35.7 Å². The van der Waals surface area contributed by atoms with Crippen molar-refractivity contribution in [3.63, 3.8) is 0 Å². The van der Waals surface area contributed by atoms with Crippen LogP contribution in [0, 0.1) is 12.3 Å². The van der Waals surface area contributed by atoms with Crippen LogP contribution >= 0.6 is 11.8 Å². The molecule has 1 saturated heterocycles. The summed E-state index contributed by atoms with van der Waals surface area (Å²) in [5.74, 6) is 0. The van der Waals surface area contributed by atoms with Gasteiger partial charge in [0.05, 0.1) is 10.7 Å². The molecule has 1 aliphatic heterocycles. The number of benzene rings is 3. The van der Waals surface area contributed by atoms with Gasteiger partial charge in [0.2, 0.25) is 0 Å². The van der Waals surface area contributed by atoms with Crippen molar-refractivity contribution in [2.45, 2.75) is 26.0 Å². The third kappa shape index (κ3) is 3.22. The Hall–Kier alpha value is -2.32. The zero-order valence-electron chi connectivity index (χ0n) is 15.4. The lowest BCUT2D eigenvalue weighted by atomic mass is 9.84. The van der Waals surface area contributed by atoms with E-state index in [0.717, 1.165) is 5.69 Å². The lowest BCUT2D eigenvalue weighted by Gasteiger charge is -2.45. The predicted octanol–water partition coefficient (Wildman–Crippen LogP) is 7.21. The Bertz CT molecular complexity index is 922. The lowest BCUT2D eigenvalue weighted by molar-refractivity contribution is 0.497. The van der Waals surface area contributed by atoms with Crippen molar-refractivity contribution in [3.05, 3.63) is 90.0 Å². The van der Waals surface area contributed by atoms with Crippen molar-refractivity contribution in [2.75, 3.05) is 0 Å². The molecule has 1 heterocycles. The van der Waals surface area contributed by atoms with Crippen LogP contribution < -0.4 is 0 Å². The first-order valence-corrected chi connectivity index (χ1v) is 9.90. The van der Waals surface area contributed by atoms with Crippen molar-refractivity contribution < 1.29 is 0 Å². The van der Waals surface area contributed by atoms with E-state index in [-0.39, 0.29) is 5.41 Å². The van der Waals surface area contributed by atoms with E-state index in [2.05, 4.69) is 99.6 Å². The molecular weight excluding hydrogens is 334 g/mol. The minimum Gasteiger partial charge on any atom is -0.246 e. The van der Waals surface area contributed by atoms with Gasteiger partial charge >= 0.3 is 0 Å². The fourth-order valence-electron chi connectivity index (χ4n) is 3.34. The summed E-state index contributed by atoms with van der Waals surface area (Å²) < 4.78 is 0. The van der Waals surface area contributed by atoms with E-state index >= 15 is 0 Å². The van der Waals surface area contributed by atoms with Crippen LogP contribution in [0.5, 0.6) is 0 Å². The van der Waals surface area contributed by atoms with Gasteiger partial charge in [-0.3, -0.25) is 0 Å². The number of rotatable bonds is 3. The van der Waals surface area contributed by atoms with E-state index in [1.807, 2.05) is 11.8 Å². The number of nitrogens with zero attached hydrogens (tertiary/aromatic N) is 1. The van der Waals surface area contributed by atoms with Crippen LogP contribution in [0.3, 0.4) is 0 Å². The van der Waals surface area contributed by atoms with E-state index in [0.29, 0.717) is 5.25 Å². The average molecular weight is 358 g/mol. The molecule has 0 amide bonds. The first kappa shape index (κ1) is 17.1. The van der Waals surface area contributed by atoms with E-state index in [1.54, 1.807) is 0 Å². The highest BCUT2D eigenvalue weighted by Crippen LogP contribution is 2.58. The number of aliphatic imine (C=N–C) groups is 1. The van der Waals surface area contributed by atoms with Gasteiger partial charge in [-0.15, -0.1) is 11.8 Å². The maximum atomic E-state index is 4.92. The summed E-state index contributed by atoms with van der Waals surface area (Å²) in [6.07, 6.45) is 0. The highest BCUT2D eigenvalue weighted by molar-refractivity contribution is 8.16.